The van der Waals surface area contributed by atoms with Crippen LogP contribution in [0.3, 0.4) is 0 Å². The minimum absolute atomic E-state index is 0.309. The molecular weight excluding hydrogens is 334 g/mol. The van der Waals surface area contributed by atoms with E-state index in [9.17, 15) is 8.78 Å². The van der Waals surface area contributed by atoms with E-state index in [4.69, 9.17) is 0 Å². The molecule has 126 valence electrons. The fraction of sp³-hybridized carbons (Fsp3) is 0. The second-order valence-corrected chi connectivity index (χ2v) is 6.07. The van der Waals surface area contributed by atoms with Crippen LogP contribution in [0.2, 0.25) is 0 Å². The minimum Gasteiger partial charge on any atom is -0.338 e. The van der Waals surface area contributed by atoms with Gasteiger partial charge in [-0.3, -0.25) is 0 Å². The Balaban J connectivity index is 1.60. The van der Waals surface area contributed by atoms with Crippen molar-refractivity contribution in [2.24, 2.45) is 0 Å². The van der Waals surface area contributed by atoms with Crippen LogP contribution in [0, 0.1) is 11.6 Å². The van der Waals surface area contributed by atoms with E-state index in [0.717, 1.165) is 11.1 Å². The maximum Gasteiger partial charge on any atom is 0.138 e. The van der Waals surface area contributed by atoms with Gasteiger partial charge in [0.15, 0.2) is 0 Å². The molecule has 0 aliphatic carbocycles. The molecular formula is C20H12F2N4. The highest BCUT2D eigenvalue weighted by molar-refractivity contribution is 5.82. The fourth-order valence-corrected chi connectivity index (χ4v) is 3.05. The van der Waals surface area contributed by atoms with E-state index in [1.165, 1.54) is 24.3 Å². The molecule has 6 heteroatoms. The van der Waals surface area contributed by atoms with Gasteiger partial charge in [0.25, 0.3) is 0 Å². The van der Waals surface area contributed by atoms with Gasteiger partial charge in [0.1, 0.15) is 23.3 Å². The summed E-state index contributed by atoms with van der Waals surface area (Å²) < 4.78 is 26.8. The van der Waals surface area contributed by atoms with E-state index >= 15 is 0 Å². The molecule has 2 aromatic heterocycles. The summed E-state index contributed by atoms with van der Waals surface area (Å²) in [5.41, 5.74) is 4.39. The number of imidazole rings is 2. The average Bonchev–Trinajstić information content (AvgIpc) is 3.25. The lowest BCUT2D eigenvalue weighted by Gasteiger charge is -2.00. The predicted molar refractivity (Wildman–Crippen MR) is 96.5 cm³/mol. The Bertz CT molecular complexity index is 1170. The Hall–Kier alpha value is -3.54. The number of aromatic nitrogens is 4. The third-order valence-electron chi connectivity index (χ3n) is 4.30. The van der Waals surface area contributed by atoms with E-state index < -0.39 is 0 Å². The fourth-order valence-electron chi connectivity index (χ4n) is 3.05. The van der Waals surface area contributed by atoms with Crippen molar-refractivity contribution in [1.82, 2.24) is 19.9 Å². The van der Waals surface area contributed by atoms with Crippen molar-refractivity contribution in [2.75, 3.05) is 0 Å². The average molecular weight is 346 g/mol. The Labute approximate surface area is 146 Å². The molecule has 4 nitrogen and oxygen atoms in total. The van der Waals surface area contributed by atoms with Crippen molar-refractivity contribution < 1.29 is 8.78 Å². The zero-order chi connectivity index (χ0) is 17.7. The molecule has 0 amide bonds. The third-order valence-corrected chi connectivity index (χ3v) is 4.30. The van der Waals surface area contributed by atoms with Gasteiger partial charge in [0.05, 0.1) is 22.1 Å². The molecule has 0 bridgehead atoms. The number of H-pyrrole nitrogens is 2. The van der Waals surface area contributed by atoms with Gasteiger partial charge in [-0.2, -0.15) is 0 Å². The van der Waals surface area contributed by atoms with Crippen molar-refractivity contribution in [3.8, 4) is 22.8 Å². The molecule has 0 atom stereocenters. The number of hydrogen-bond donors (Lipinski definition) is 2. The van der Waals surface area contributed by atoms with Crippen LogP contribution in [0.1, 0.15) is 0 Å². The standard InChI is InChI=1S/C20H12F2N4/c21-13-4-6-15-17(9-13)25-19(23-15)11-2-1-3-12(8-11)20-24-16-7-5-14(22)10-18(16)26-20/h1-10H,(H,23,25)(H,24,26). The summed E-state index contributed by atoms with van der Waals surface area (Å²) >= 11 is 0. The Morgan fingerprint density at radius 3 is 1.62 bits per heavy atom. The monoisotopic (exact) mass is 346 g/mol. The third kappa shape index (κ3) is 2.43. The van der Waals surface area contributed by atoms with Crippen LogP contribution in [0.5, 0.6) is 0 Å². The minimum atomic E-state index is -0.309. The summed E-state index contributed by atoms with van der Waals surface area (Å²) in [4.78, 5) is 15.3. The molecule has 5 rings (SSSR count). The lowest BCUT2D eigenvalue weighted by Crippen LogP contribution is -1.84. The molecule has 2 heterocycles. The summed E-state index contributed by atoms with van der Waals surface area (Å²) in [5, 5.41) is 0. The first kappa shape index (κ1) is 14.8. The van der Waals surface area contributed by atoms with E-state index in [1.54, 1.807) is 12.1 Å². The highest BCUT2D eigenvalue weighted by Gasteiger charge is 2.10. The molecule has 0 saturated carbocycles. The van der Waals surface area contributed by atoms with E-state index in [0.29, 0.717) is 33.7 Å². The van der Waals surface area contributed by atoms with Crippen molar-refractivity contribution in [2.45, 2.75) is 0 Å². The lowest BCUT2D eigenvalue weighted by molar-refractivity contribution is 0.629. The molecule has 5 aromatic rings. The van der Waals surface area contributed by atoms with Crippen molar-refractivity contribution in [3.63, 3.8) is 0 Å². The summed E-state index contributed by atoms with van der Waals surface area (Å²) in [6, 6.07) is 16.6. The Morgan fingerprint density at radius 2 is 1.12 bits per heavy atom. The molecule has 0 aliphatic rings. The maximum atomic E-state index is 13.4. The number of rotatable bonds is 2. The SMILES string of the molecule is Fc1ccc2nc(-c3cccc(-c4nc5ccc(F)cc5[nH]4)c3)[nH]c2c1. The van der Waals surface area contributed by atoms with Gasteiger partial charge in [-0.25, -0.2) is 18.7 Å². The van der Waals surface area contributed by atoms with Gasteiger partial charge in [-0.05, 0) is 42.5 Å². The van der Waals surface area contributed by atoms with Gasteiger partial charge in [-0.1, -0.05) is 18.2 Å². The molecule has 3 aromatic carbocycles. The van der Waals surface area contributed by atoms with Crippen LogP contribution < -0.4 is 0 Å². The highest BCUT2D eigenvalue weighted by atomic mass is 19.1. The second-order valence-electron chi connectivity index (χ2n) is 6.07. The Kier molecular flexibility index (Phi) is 3.12. The molecule has 0 fully saturated rings. The summed E-state index contributed by atoms with van der Waals surface area (Å²) in [7, 11) is 0. The molecule has 2 N–H and O–H groups in total. The number of aromatic amines is 2. The smallest absolute Gasteiger partial charge is 0.138 e. The van der Waals surface area contributed by atoms with Crippen LogP contribution in [-0.4, -0.2) is 19.9 Å². The Morgan fingerprint density at radius 1 is 0.615 bits per heavy atom. The molecule has 0 radical (unpaired) electrons. The summed E-state index contributed by atoms with van der Waals surface area (Å²) in [6.45, 7) is 0. The predicted octanol–water partition coefficient (Wildman–Crippen LogP) is 5.05. The number of benzene rings is 3. The first-order chi connectivity index (χ1) is 12.7. The van der Waals surface area contributed by atoms with Gasteiger partial charge in [-0.15, -0.1) is 0 Å². The van der Waals surface area contributed by atoms with Gasteiger partial charge in [0, 0.05) is 11.1 Å². The number of nitrogens with one attached hydrogen (secondary N) is 2. The molecule has 26 heavy (non-hydrogen) atoms. The summed E-state index contributed by atoms with van der Waals surface area (Å²) in [5.74, 6) is 0.677. The molecule has 0 unspecified atom stereocenters. The number of fused-ring (bicyclic) bond motifs is 2. The largest absolute Gasteiger partial charge is 0.338 e. The zero-order valence-electron chi connectivity index (χ0n) is 13.4. The topological polar surface area (TPSA) is 57.4 Å². The first-order valence-corrected chi connectivity index (χ1v) is 8.07. The lowest BCUT2D eigenvalue weighted by atomic mass is 10.1. The van der Waals surface area contributed by atoms with Crippen LogP contribution in [0.4, 0.5) is 8.78 Å². The second kappa shape index (κ2) is 5.49. The maximum absolute atomic E-state index is 13.4. The number of hydrogen-bond acceptors (Lipinski definition) is 2. The van der Waals surface area contributed by atoms with E-state index in [2.05, 4.69) is 19.9 Å². The molecule has 0 spiro atoms. The van der Waals surface area contributed by atoms with E-state index in [-0.39, 0.29) is 11.6 Å². The van der Waals surface area contributed by atoms with Crippen molar-refractivity contribution >= 4 is 22.1 Å². The normalized spacial score (nSPS) is 11.5. The highest BCUT2D eigenvalue weighted by Crippen LogP contribution is 2.26. The van der Waals surface area contributed by atoms with Gasteiger partial charge >= 0.3 is 0 Å². The summed E-state index contributed by atoms with van der Waals surface area (Å²) in [6.07, 6.45) is 0. The van der Waals surface area contributed by atoms with Crippen LogP contribution >= 0.6 is 0 Å². The number of halogens is 2. The van der Waals surface area contributed by atoms with Gasteiger partial charge < -0.3 is 9.97 Å². The molecule has 0 saturated heterocycles. The van der Waals surface area contributed by atoms with Crippen molar-refractivity contribution in [1.29, 1.82) is 0 Å². The first-order valence-electron chi connectivity index (χ1n) is 8.07. The van der Waals surface area contributed by atoms with Crippen molar-refractivity contribution in [3.05, 3.63) is 72.3 Å². The van der Waals surface area contributed by atoms with Crippen LogP contribution in [0.25, 0.3) is 44.8 Å². The quantitative estimate of drug-likeness (QED) is 0.470. The van der Waals surface area contributed by atoms with E-state index in [1.807, 2.05) is 24.3 Å². The van der Waals surface area contributed by atoms with Crippen LogP contribution in [-0.2, 0) is 0 Å². The number of nitrogens with zero attached hydrogens (tertiary/aromatic N) is 2. The molecule has 0 aliphatic heterocycles. The zero-order valence-corrected chi connectivity index (χ0v) is 13.4. The van der Waals surface area contributed by atoms with Crippen LogP contribution in [0.15, 0.2) is 60.7 Å². The van der Waals surface area contributed by atoms with Gasteiger partial charge in [0.2, 0.25) is 0 Å².